The number of nitro groups is 1. The van der Waals surface area contributed by atoms with Gasteiger partial charge < -0.3 is 10.2 Å². The van der Waals surface area contributed by atoms with E-state index in [1.807, 2.05) is 0 Å². The highest BCUT2D eigenvalue weighted by molar-refractivity contribution is 6.26. The predicted molar refractivity (Wildman–Crippen MR) is 112 cm³/mol. The zero-order valence-electron chi connectivity index (χ0n) is 16.0. The van der Waals surface area contributed by atoms with Crippen molar-refractivity contribution in [3.05, 3.63) is 75.3 Å². The van der Waals surface area contributed by atoms with Gasteiger partial charge >= 0.3 is 5.69 Å². The second kappa shape index (κ2) is 7.84. The van der Waals surface area contributed by atoms with Gasteiger partial charge in [0.05, 0.1) is 30.0 Å². The Hall–Kier alpha value is -4.31. The van der Waals surface area contributed by atoms with Crippen molar-refractivity contribution in [2.75, 3.05) is 18.6 Å². The average Bonchev–Trinajstić information content (AvgIpc) is 2.76. The maximum atomic E-state index is 12.7. The molecular formula is C21H16N4O6. The van der Waals surface area contributed by atoms with E-state index in [-0.39, 0.29) is 13.2 Å². The Kier molecular flexibility index (Phi) is 5.05. The highest BCUT2D eigenvalue weighted by atomic mass is 16.6. The molecule has 31 heavy (non-hydrogen) atoms. The summed E-state index contributed by atoms with van der Waals surface area (Å²) in [5, 5.41) is 34.8. The van der Waals surface area contributed by atoms with Gasteiger partial charge in [-0.25, -0.2) is 0 Å². The van der Waals surface area contributed by atoms with Crippen LogP contribution in [0.25, 0.3) is 10.8 Å². The summed E-state index contributed by atoms with van der Waals surface area (Å²) in [6.07, 6.45) is 1.35. The maximum absolute atomic E-state index is 12.7. The molecule has 0 aliphatic carbocycles. The molecule has 0 atom stereocenters. The molecule has 4 rings (SSSR count). The minimum atomic E-state index is -0.694. The van der Waals surface area contributed by atoms with Crippen LogP contribution in [0.3, 0.4) is 0 Å². The fourth-order valence-corrected chi connectivity index (χ4v) is 3.49. The lowest BCUT2D eigenvalue weighted by molar-refractivity contribution is -0.385. The van der Waals surface area contributed by atoms with Gasteiger partial charge in [0, 0.05) is 33.5 Å². The van der Waals surface area contributed by atoms with E-state index in [0.29, 0.717) is 33.2 Å². The number of nitro benzene ring substituents is 1. The maximum Gasteiger partial charge on any atom is 0.311 e. The number of nitrogens with one attached hydrogen (secondary N) is 1. The number of benzene rings is 3. The predicted octanol–water partition coefficient (Wildman–Crippen LogP) is 2.49. The molecule has 0 fully saturated rings. The summed E-state index contributed by atoms with van der Waals surface area (Å²) in [7, 11) is 0. The van der Waals surface area contributed by atoms with Crippen molar-refractivity contribution in [2.24, 2.45) is 5.10 Å². The fourth-order valence-electron chi connectivity index (χ4n) is 3.49. The van der Waals surface area contributed by atoms with E-state index in [4.69, 9.17) is 0 Å². The van der Waals surface area contributed by atoms with Crippen LogP contribution in [0, 0.1) is 10.1 Å². The number of imide groups is 1. The minimum absolute atomic E-state index is 0.0868. The van der Waals surface area contributed by atoms with Gasteiger partial charge in [0.1, 0.15) is 0 Å². The number of amides is 2. The van der Waals surface area contributed by atoms with Gasteiger partial charge in [0.15, 0.2) is 5.75 Å². The van der Waals surface area contributed by atoms with Gasteiger partial charge in [-0.2, -0.15) is 5.10 Å². The number of rotatable bonds is 6. The molecule has 3 aromatic rings. The zero-order valence-corrected chi connectivity index (χ0v) is 16.0. The first kappa shape index (κ1) is 20.0. The molecule has 10 nitrogen and oxygen atoms in total. The number of carbonyl (C=O) groups excluding carboxylic acids is 2. The topological polar surface area (TPSA) is 145 Å². The van der Waals surface area contributed by atoms with Gasteiger partial charge in [0.25, 0.3) is 11.8 Å². The Labute approximate surface area is 175 Å². The molecule has 0 spiro atoms. The standard InChI is InChI=1S/C21H16N4O6/c26-9-8-24-20(28)14-3-1-2-13-16(6-5-15(19(13)14)21(24)29)23-22-11-12-4-7-18(27)17(10-12)25(30)31/h1-7,10-11,23,26-27H,8-9H2/b22-11+. The van der Waals surface area contributed by atoms with E-state index in [2.05, 4.69) is 10.5 Å². The number of phenols is 1. The third-order valence-corrected chi connectivity index (χ3v) is 4.91. The fraction of sp³-hybridized carbons (Fsp3) is 0.0952. The van der Waals surface area contributed by atoms with E-state index in [9.17, 15) is 29.9 Å². The lowest BCUT2D eigenvalue weighted by Gasteiger charge is -2.27. The number of aliphatic hydroxyl groups is 1. The molecule has 0 unspecified atom stereocenters. The summed E-state index contributed by atoms with van der Waals surface area (Å²) < 4.78 is 0. The van der Waals surface area contributed by atoms with Gasteiger partial charge in [-0.1, -0.05) is 12.1 Å². The third-order valence-electron chi connectivity index (χ3n) is 4.91. The first-order chi connectivity index (χ1) is 14.9. The molecule has 156 valence electrons. The number of nitrogens with zero attached hydrogens (tertiary/aromatic N) is 3. The van der Waals surface area contributed by atoms with E-state index in [1.165, 1.54) is 24.4 Å². The molecule has 0 bridgehead atoms. The highest BCUT2D eigenvalue weighted by Gasteiger charge is 2.32. The summed E-state index contributed by atoms with van der Waals surface area (Å²) in [5.74, 6) is -1.40. The molecule has 0 saturated carbocycles. The Morgan fingerprint density at radius 2 is 1.84 bits per heavy atom. The van der Waals surface area contributed by atoms with Crippen LogP contribution in [0.2, 0.25) is 0 Å². The van der Waals surface area contributed by atoms with Crippen molar-refractivity contribution >= 4 is 40.2 Å². The van der Waals surface area contributed by atoms with Crippen molar-refractivity contribution in [3.8, 4) is 5.75 Å². The van der Waals surface area contributed by atoms with E-state index in [0.717, 1.165) is 4.90 Å². The van der Waals surface area contributed by atoms with Crippen LogP contribution in [0.1, 0.15) is 26.3 Å². The molecule has 3 aromatic carbocycles. The number of anilines is 1. The van der Waals surface area contributed by atoms with Crippen molar-refractivity contribution in [1.29, 1.82) is 0 Å². The van der Waals surface area contributed by atoms with Crippen LogP contribution in [0.4, 0.5) is 11.4 Å². The number of phenolic OH excluding ortho intramolecular Hbond substituents is 1. The summed E-state index contributed by atoms with van der Waals surface area (Å²) in [6.45, 7) is -0.414. The monoisotopic (exact) mass is 420 g/mol. The number of aliphatic hydroxyl groups excluding tert-OH is 1. The summed E-state index contributed by atoms with van der Waals surface area (Å²) in [6, 6.07) is 12.1. The molecule has 1 aliphatic heterocycles. The molecule has 0 radical (unpaired) electrons. The summed E-state index contributed by atoms with van der Waals surface area (Å²) in [4.78, 5) is 36.7. The Balaban J connectivity index is 1.68. The van der Waals surface area contributed by atoms with Crippen molar-refractivity contribution in [2.45, 2.75) is 0 Å². The van der Waals surface area contributed by atoms with E-state index in [1.54, 1.807) is 30.3 Å². The minimum Gasteiger partial charge on any atom is -0.502 e. The number of hydrazone groups is 1. The third kappa shape index (κ3) is 3.45. The van der Waals surface area contributed by atoms with E-state index < -0.39 is 28.2 Å². The summed E-state index contributed by atoms with van der Waals surface area (Å²) >= 11 is 0. The van der Waals surface area contributed by atoms with Crippen LogP contribution < -0.4 is 5.43 Å². The first-order valence-electron chi connectivity index (χ1n) is 9.21. The summed E-state index contributed by atoms with van der Waals surface area (Å²) in [5.41, 5.74) is 4.01. The number of carbonyl (C=O) groups is 2. The van der Waals surface area contributed by atoms with Crippen LogP contribution in [0.5, 0.6) is 5.75 Å². The number of aromatic hydroxyl groups is 1. The molecule has 0 saturated heterocycles. The van der Waals surface area contributed by atoms with Crippen molar-refractivity contribution < 1.29 is 24.7 Å². The van der Waals surface area contributed by atoms with Crippen molar-refractivity contribution in [3.63, 3.8) is 0 Å². The lowest BCUT2D eigenvalue weighted by atomic mass is 9.93. The largest absolute Gasteiger partial charge is 0.502 e. The smallest absolute Gasteiger partial charge is 0.311 e. The molecule has 1 aliphatic rings. The molecule has 0 aromatic heterocycles. The van der Waals surface area contributed by atoms with Gasteiger partial charge in [-0.05, 0) is 30.3 Å². The normalized spacial score (nSPS) is 13.3. The molecule has 1 heterocycles. The van der Waals surface area contributed by atoms with Gasteiger partial charge in [-0.3, -0.25) is 30.0 Å². The Morgan fingerprint density at radius 3 is 2.55 bits per heavy atom. The lowest BCUT2D eigenvalue weighted by Crippen LogP contribution is -2.41. The Morgan fingerprint density at radius 1 is 1.10 bits per heavy atom. The van der Waals surface area contributed by atoms with Crippen molar-refractivity contribution in [1.82, 2.24) is 4.90 Å². The van der Waals surface area contributed by atoms with Crippen LogP contribution >= 0.6 is 0 Å². The highest BCUT2D eigenvalue weighted by Crippen LogP contribution is 2.34. The Bertz CT molecular complexity index is 1250. The number of β-amino-alcohol motifs (C(OH)–C–C–N with tert-alkyl or cyclic N) is 1. The number of hydrogen-bond donors (Lipinski definition) is 3. The molecule has 10 heteroatoms. The number of hydrogen-bond acceptors (Lipinski definition) is 8. The molecule has 2 amide bonds. The second-order valence-electron chi connectivity index (χ2n) is 6.75. The average molecular weight is 420 g/mol. The zero-order chi connectivity index (χ0) is 22.1. The van der Waals surface area contributed by atoms with Crippen LogP contribution in [0.15, 0.2) is 53.6 Å². The van der Waals surface area contributed by atoms with E-state index >= 15 is 0 Å². The van der Waals surface area contributed by atoms with Gasteiger partial charge in [-0.15, -0.1) is 0 Å². The quantitative estimate of drug-likeness (QED) is 0.240. The van der Waals surface area contributed by atoms with Crippen LogP contribution in [-0.2, 0) is 0 Å². The molecular weight excluding hydrogens is 404 g/mol. The first-order valence-corrected chi connectivity index (χ1v) is 9.21. The van der Waals surface area contributed by atoms with Gasteiger partial charge in [0.2, 0.25) is 0 Å². The second-order valence-corrected chi connectivity index (χ2v) is 6.75. The molecule has 3 N–H and O–H groups in total. The SMILES string of the molecule is O=C1c2cccc3c(N/N=C/c4ccc(O)c([N+](=O)[O-])c4)ccc(c23)C(=O)N1CCO. The van der Waals surface area contributed by atoms with Crippen LogP contribution in [-0.4, -0.2) is 51.2 Å².